The molecule has 6 nitrogen and oxygen atoms in total. The molecule has 0 aliphatic rings. The second-order valence-electron chi connectivity index (χ2n) is 4.71. The molecule has 0 fully saturated rings. The predicted molar refractivity (Wildman–Crippen MR) is 81.5 cm³/mol. The molecule has 0 aliphatic heterocycles. The standard InChI is InChI=1S/C15H19N5O/c1-3-12-8-11(9-14(18-12)19-16)15(21)20(2)10-13-6-4-5-7-17-13/h4-9H,3,10,16H2,1-2H3,(H,18,19). The zero-order valence-corrected chi connectivity index (χ0v) is 12.2. The summed E-state index contributed by atoms with van der Waals surface area (Å²) in [5.74, 6) is 5.80. The number of nitrogens with two attached hydrogens (primary N) is 1. The maximum Gasteiger partial charge on any atom is 0.254 e. The topological polar surface area (TPSA) is 84.1 Å². The van der Waals surface area contributed by atoms with E-state index in [9.17, 15) is 4.79 Å². The number of aryl methyl sites for hydroxylation is 1. The number of pyridine rings is 2. The van der Waals surface area contributed by atoms with Crippen LogP contribution in [0.1, 0.15) is 28.7 Å². The van der Waals surface area contributed by atoms with Gasteiger partial charge in [0.05, 0.1) is 12.2 Å². The lowest BCUT2D eigenvalue weighted by molar-refractivity contribution is 0.0783. The van der Waals surface area contributed by atoms with Crippen LogP contribution < -0.4 is 11.3 Å². The first kappa shape index (κ1) is 14.9. The van der Waals surface area contributed by atoms with Gasteiger partial charge >= 0.3 is 0 Å². The van der Waals surface area contributed by atoms with Crippen LogP contribution in [0.2, 0.25) is 0 Å². The Kier molecular flexibility index (Phi) is 4.84. The Morgan fingerprint density at radius 2 is 2.14 bits per heavy atom. The molecule has 1 amide bonds. The van der Waals surface area contributed by atoms with Gasteiger partial charge in [-0.05, 0) is 30.7 Å². The molecule has 2 aromatic rings. The molecule has 2 rings (SSSR count). The van der Waals surface area contributed by atoms with E-state index in [0.717, 1.165) is 17.8 Å². The van der Waals surface area contributed by atoms with E-state index >= 15 is 0 Å². The smallest absolute Gasteiger partial charge is 0.254 e. The highest BCUT2D eigenvalue weighted by molar-refractivity contribution is 5.94. The van der Waals surface area contributed by atoms with E-state index in [1.807, 2.05) is 25.1 Å². The van der Waals surface area contributed by atoms with Gasteiger partial charge in [0.15, 0.2) is 0 Å². The first-order valence-corrected chi connectivity index (χ1v) is 6.77. The van der Waals surface area contributed by atoms with Gasteiger partial charge in [-0.25, -0.2) is 10.8 Å². The van der Waals surface area contributed by atoms with E-state index < -0.39 is 0 Å². The number of hydrogen-bond donors (Lipinski definition) is 2. The van der Waals surface area contributed by atoms with Crippen LogP contribution in [-0.2, 0) is 13.0 Å². The molecule has 0 unspecified atom stereocenters. The van der Waals surface area contributed by atoms with Crippen LogP contribution in [0, 0.1) is 0 Å². The van der Waals surface area contributed by atoms with Gasteiger partial charge in [0.1, 0.15) is 5.82 Å². The van der Waals surface area contributed by atoms with Crippen LogP contribution in [0.3, 0.4) is 0 Å². The van der Waals surface area contributed by atoms with Crippen molar-refractivity contribution in [3.63, 3.8) is 0 Å². The monoisotopic (exact) mass is 285 g/mol. The number of nitrogens with zero attached hydrogens (tertiary/aromatic N) is 3. The molecule has 0 saturated carbocycles. The average molecular weight is 285 g/mol. The fourth-order valence-corrected chi connectivity index (χ4v) is 1.99. The van der Waals surface area contributed by atoms with Crippen molar-refractivity contribution >= 4 is 11.7 Å². The number of amides is 1. The van der Waals surface area contributed by atoms with Crippen LogP contribution in [0.5, 0.6) is 0 Å². The van der Waals surface area contributed by atoms with Crippen molar-refractivity contribution in [1.29, 1.82) is 0 Å². The van der Waals surface area contributed by atoms with Gasteiger partial charge in [0, 0.05) is 24.5 Å². The average Bonchev–Trinajstić information content (AvgIpc) is 2.54. The molecular formula is C15H19N5O. The van der Waals surface area contributed by atoms with Gasteiger partial charge < -0.3 is 10.3 Å². The summed E-state index contributed by atoms with van der Waals surface area (Å²) >= 11 is 0. The minimum Gasteiger partial charge on any atom is -0.336 e. The molecule has 110 valence electrons. The molecule has 0 aromatic carbocycles. The molecule has 0 saturated heterocycles. The van der Waals surface area contributed by atoms with Crippen molar-refractivity contribution in [1.82, 2.24) is 14.9 Å². The van der Waals surface area contributed by atoms with Crippen molar-refractivity contribution in [3.05, 3.63) is 53.5 Å². The van der Waals surface area contributed by atoms with Crippen LogP contribution >= 0.6 is 0 Å². The minimum atomic E-state index is -0.0887. The number of anilines is 1. The summed E-state index contributed by atoms with van der Waals surface area (Å²) in [4.78, 5) is 22.6. The molecule has 0 aliphatic carbocycles. The van der Waals surface area contributed by atoms with Crippen LogP contribution in [0.15, 0.2) is 36.5 Å². The number of nitrogen functional groups attached to an aromatic ring is 1. The quantitative estimate of drug-likeness (QED) is 0.644. The summed E-state index contributed by atoms with van der Waals surface area (Å²) in [6.07, 6.45) is 2.45. The van der Waals surface area contributed by atoms with E-state index in [0.29, 0.717) is 17.9 Å². The molecule has 2 aromatic heterocycles. The lowest BCUT2D eigenvalue weighted by Crippen LogP contribution is -2.27. The summed E-state index contributed by atoms with van der Waals surface area (Å²) in [6.45, 7) is 2.43. The maximum atomic E-state index is 12.5. The first-order chi connectivity index (χ1) is 10.1. The van der Waals surface area contributed by atoms with Crippen LogP contribution in [0.25, 0.3) is 0 Å². The Hall–Kier alpha value is -2.47. The third kappa shape index (κ3) is 3.76. The number of hydrazine groups is 1. The Labute approximate surface area is 124 Å². The highest BCUT2D eigenvalue weighted by Crippen LogP contribution is 2.13. The largest absolute Gasteiger partial charge is 0.336 e. The fourth-order valence-electron chi connectivity index (χ4n) is 1.99. The second kappa shape index (κ2) is 6.81. The molecule has 0 spiro atoms. The van der Waals surface area contributed by atoms with E-state index in [1.54, 1.807) is 30.3 Å². The van der Waals surface area contributed by atoms with Crippen molar-refractivity contribution < 1.29 is 4.79 Å². The minimum absolute atomic E-state index is 0.0887. The van der Waals surface area contributed by atoms with Gasteiger partial charge in [-0.2, -0.15) is 0 Å². The highest BCUT2D eigenvalue weighted by atomic mass is 16.2. The van der Waals surface area contributed by atoms with Gasteiger partial charge in [0.25, 0.3) is 5.91 Å². The number of carbonyl (C=O) groups is 1. The third-order valence-corrected chi connectivity index (χ3v) is 3.11. The fraction of sp³-hybridized carbons (Fsp3) is 0.267. The summed E-state index contributed by atoms with van der Waals surface area (Å²) < 4.78 is 0. The Balaban J connectivity index is 2.19. The highest BCUT2D eigenvalue weighted by Gasteiger charge is 2.14. The van der Waals surface area contributed by atoms with E-state index in [4.69, 9.17) is 5.84 Å². The lowest BCUT2D eigenvalue weighted by atomic mass is 10.1. The summed E-state index contributed by atoms with van der Waals surface area (Å²) in [5.41, 5.74) is 4.72. The van der Waals surface area contributed by atoms with Gasteiger partial charge in [-0.3, -0.25) is 9.78 Å². The van der Waals surface area contributed by atoms with Gasteiger partial charge in [-0.15, -0.1) is 0 Å². The van der Waals surface area contributed by atoms with Crippen LogP contribution in [0.4, 0.5) is 5.82 Å². The summed E-state index contributed by atoms with van der Waals surface area (Å²) in [5, 5.41) is 0. The molecule has 21 heavy (non-hydrogen) atoms. The maximum absolute atomic E-state index is 12.5. The normalized spacial score (nSPS) is 10.2. The molecule has 3 N–H and O–H groups in total. The number of aromatic nitrogens is 2. The second-order valence-corrected chi connectivity index (χ2v) is 4.71. The zero-order chi connectivity index (χ0) is 15.2. The molecule has 0 radical (unpaired) electrons. The third-order valence-electron chi connectivity index (χ3n) is 3.11. The van der Waals surface area contributed by atoms with Crippen molar-refractivity contribution in [2.24, 2.45) is 5.84 Å². The number of nitrogens with one attached hydrogen (secondary N) is 1. The summed E-state index contributed by atoms with van der Waals surface area (Å²) in [6, 6.07) is 9.08. The Bertz CT molecular complexity index is 592. The van der Waals surface area contributed by atoms with Gasteiger partial charge in [0.2, 0.25) is 0 Å². The Morgan fingerprint density at radius 1 is 1.33 bits per heavy atom. The lowest BCUT2D eigenvalue weighted by Gasteiger charge is -2.17. The van der Waals surface area contributed by atoms with E-state index in [2.05, 4.69) is 15.4 Å². The first-order valence-electron chi connectivity index (χ1n) is 6.77. The zero-order valence-electron chi connectivity index (χ0n) is 12.2. The molecule has 2 heterocycles. The van der Waals surface area contributed by atoms with Crippen molar-refractivity contribution in [3.8, 4) is 0 Å². The molecule has 0 atom stereocenters. The SMILES string of the molecule is CCc1cc(C(=O)N(C)Cc2ccccn2)cc(NN)n1. The number of carbonyl (C=O) groups excluding carboxylic acids is 1. The van der Waals surface area contributed by atoms with Crippen LogP contribution in [-0.4, -0.2) is 27.8 Å². The Morgan fingerprint density at radius 3 is 2.76 bits per heavy atom. The van der Waals surface area contributed by atoms with Crippen molar-refractivity contribution in [2.75, 3.05) is 12.5 Å². The van der Waals surface area contributed by atoms with Crippen molar-refractivity contribution in [2.45, 2.75) is 19.9 Å². The molecule has 0 bridgehead atoms. The predicted octanol–water partition coefficient (Wildman–Crippen LogP) is 1.60. The molecule has 6 heteroatoms. The van der Waals surface area contributed by atoms with Gasteiger partial charge in [-0.1, -0.05) is 13.0 Å². The summed E-state index contributed by atoms with van der Waals surface area (Å²) in [7, 11) is 1.75. The number of rotatable bonds is 5. The van der Waals surface area contributed by atoms with E-state index in [1.165, 1.54) is 0 Å². The van der Waals surface area contributed by atoms with E-state index in [-0.39, 0.29) is 5.91 Å². The number of hydrogen-bond acceptors (Lipinski definition) is 5. The molecular weight excluding hydrogens is 266 g/mol.